The fourth-order valence-corrected chi connectivity index (χ4v) is 2.03. The fourth-order valence-electron chi connectivity index (χ4n) is 1.62. The number of hydrogen-bond donors (Lipinski definition) is 2. The third-order valence-corrected chi connectivity index (χ3v) is 3.85. The van der Waals surface area contributed by atoms with Gasteiger partial charge in [0.05, 0.1) is 0 Å². The van der Waals surface area contributed by atoms with Crippen molar-refractivity contribution in [1.29, 1.82) is 0 Å². The topological polar surface area (TPSA) is 41.1 Å². The lowest BCUT2D eigenvalue weighted by atomic mass is 10.2. The number of nitrogens with one attached hydrogen (secondary N) is 2. The van der Waals surface area contributed by atoms with Gasteiger partial charge in [0.15, 0.2) is 0 Å². The third kappa shape index (κ3) is 3.73. The number of halogens is 1. The Kier molecular flexibility index (Phi) is 4.05. The summed E-state index contributed by atoms with van der Waals surface area (Å²) in [6.45, 7) is 2.72. The molecule has 2 N–H and O–H groups in total. The molecule has 1 fully saturated rings. The summed E-state index contributed by atoms with van der Waals surface area (Å²) in [5.74, 6) is 0.142. The molecule has 0 saturated heterocycles. The summed E-state index contributed by atoms with van der Waals surface area (Å²) in [4.78, 5) is 11.5. The first-order chi connectivity index (χ1) is 8.16. The fraction of sp³-hybridized carbons (Fsp3) is 0.462. The second-order valence-corrected chi connectivity index (χ2v) is 5.25. The van der Waals surface area contributed by atoms with Gasteiger partial charge in [0.2, 0.25) is 5.91 Å². The first kappa shape index (κ1) is 12.4. The van der Waals surface area contributed by atoms with Gasteiger partial charge in [-0.2, -0.15) is 0 Å². The smallest absolute Gasteiger partial charge is 0.221 e. The summed E-state index contributed by atoms with van der Waals surface area (Å²) < 4.78 is 1.07. The molecular weight excluding hydrogens is 280 g/mol. The molecule has 1 aliphatic rings. The molecule has 0 aromatic heterocycles. The quantitative estimate of drug-likeness (QED) is 0.877. The molecule has 0 heterocycles. The number of hydrogen-bond acceptors (Lipinski definition) is 2. The molecule has 0 atom stereocenters. The third-order valence-electron chi connectivity index (χ3n) is 2.80. The van der Waals surface area contributed by atoms with Crippen molar-refractivity contribution in [1.82, 2.24) is 5.32 Å². The molecule has 1 aromatic rings. The van der Waals surface area contributed by atoms with Gasteiger partial charge in [-0.3, -0.25) is 4.79 Å². The van der Waals surface area contributed by atoms with Crippen LogP contribution in [0.4, 0.5) is 5.69 Å². The summed E-state index contributed by atoms with van der Waals surface area (Å²) in [6.07, 6.45) is 2.81. The molecule has 92 valence electrons. The van der Waals surface area contributed by atoms with E-state index in [9.17, 15) is 4.79 Å². The van der Waals surface area contributed by atoms with E-state index in [1.165, 1.54) is 5.56 Å². The summed E-state index contributed by atoms with van der Waals surface area (Å²) in [6, 6.07) is 6.52. The summed E-state index contributed by atoms with van der Waals surface area (Å²) in [5.41, 5.74) is 2.24. The van der Waals surface area contributed by atoms with Crippen LogP contribution >= 0.6 is 15.9 Å². The predicted octanol–water partition coefficient (Wildman–Crippen LogP) is 2.84. The monoisotopic (exact) mass is 296 g/mol. The number of benzene rings is 1. The van der Waals surface area contributed by atoms with Crippen LogP contribution in [0.15, 0.2) is 22.7 Å². The average molecular weight is 297 g/mol. The first-order valence-corrected chi connectivity index (χ1v) is 6.74. The molecule has 0 unspecified atom stereocenters. The van der Waals surface area contributed by atoms with Crippen LogP contribution in [0.1, 0.15) is 24.8 Å². The number of aryl methyl sites for hydroxylation is 1. The molecule has 1 amide bonds. The van der Waals surface area contributed by atoms with Gasteiger partial charge in [-0.1, -0.05) is 12.1 Å². The maximum Gasteiger partial charge on any atom is 0.221 e. The number of amides is 1. The van der Waals surface area contributed by atoms with Crippen LogP contribution in [0.25, 0.3) is 0 Å². The standard InChI is InChI=1S/C13H17BrN2O/c1-9-3-2-4-11(13(9)14)15-8-7-12(17)16-10-5-6-10/h2-4,10,15H,5-8H2,1H3,(H,16,17). The molecule has 0 radical (unpaired) electrons. The Hall–Kier alpha value is -1.03. The largest absolute Gasteiger partial charge is 0.384 e. The van der Waals surface area contributed by atoms with E-state index in [0.717, 1.165) is 23.0 Å². The zero-order chi connectivity index (χ0) is 12.3. The highest BCUT2D eigenvalue weighted by atomic mass is 79.9. The van der Waals surface area contributed by atoms with Crippen molar-refractivity contribution in [2.24, 2.45) is 0 Å². The molecule has 17 heavy (non-hydrogen) atoms. The molecule has 1 aromatic carbocycles. The Labute approximate surface area is 110 Å². The minimum atomic E-state index is 0.142. The van der Waals surface area contributed by atoms with Crippen LogP contribution in [0.5, 0.6) is 0 Å². The van der Waals surface area contributed by atoms with E-state index in [1.54, 1.807) is 0 Å². The lowest BCUT2D eigenvalue weighted by Gasteiger charge is -2.10. The van der Waals surface area contributed by atoms with Crippen molar-refractivity contribution >= 4 is 27.5 Å². The Morgan fingerprint density at radius 3 is 2.94 bits per heavy atom. The lowest BCUT2D eigenvalue weighted by Crippen LogP contribution is -2.27. The van der Waals surface area contributed by atoms with E-state index in [2.05, 4.69) is 39.6 Å². The van der Waals surface area contributed by atoms with Crippen molar-refractivity contribution in [3.05, 3.63) is 28.2 Å². The number of rotatable bonds is 5. The van der Waals surface area contributed by atoms with Crippen LogP contribution in [-0.2, 0) is 4.79 Å². The van der Waals surface area contributed by atoms with E-state index < -0.39 is 0 Å². The van der Waals surface area contributed by atoms with Gasteiger partial charge in [-0.25, -0.2) is 0 Å². The van der Waals surface area contributed by atoms with E-state index in [-0.39, 0.29) is 5.91 Å². The maximum absolute atomic E-state index is 11.5. The molecule has 4 heteroatoms. The Balaban J connectivity index is 1.77. The molecule has 0 spiro atoms. The van der Waals surface area contributed by atoms with E-state index in [0.29, 0.717) is 19.0 Å². The molecule has 0 aliphatic heterocycles. The van der Waals surface area contributed by atoms with Gasteiger partial charge < -0.3 is 10.6 Å². The van der Waals surface area contributed by atoms with Gasteiger partial charge >= 0.3 is 0 Å². The minimum Gasteiger partial charge on any atom is -0.384 e. The van der Waals surface area contributed by atoms with Crippen molar-refractivity contribution in [3.63, 3.8) is 0 Å². The molecule has 0 bridgehead atoms. The molecular formula is C13H17BrN2O. The minimum absolute atomic E-state index is 0.142. The zero-order valence-corrected chi connectivity index (χ0v) is 11.5. The summed E-state index contributed by atoms with van der Waals surface area (Å²) in [7, 11) is 0. The maximum atomic E-state index is 11.5. The Morgan fingerprint density at radius 1 is 1.47 bits per heavy atom. The van der Waals surface area contributed by atoms with Gasteiger partial charge in [0.1, 0.15) is 0 Å². The number of carbonyl (C=O) groups excluding carboxylic acids is 1. The van der Waals surface area contributed by atoms with Crippen molar-refractivity contribution in [2.45, 2.75) is 32.2 Å². The van der Waals surface area contributed by atoms with Crippen LogP contribution in [0.2, 0.25) is 0 Å². The second-order valence-electron chi connectivity index (χ2n) is 4.46. The Bertz CT molecular complexity index is 416. The molecule has 1 saturated carbocycles. The van der Waals surface area contributed by atoms with Crippen LogP contribution in [0.3, 0.4) is 0 Å². The van der Waals surface area contributed by atoms with Gasteiger partial charge in [0.25, 0.3) is 0 Å². The highest BCUT2D eigenvalue weighted by molar-refractivity contribution is 9.10. The highest BCUT2D eigenvalue weighted by Crippen LogP contribution is 2.25. The molecule has 2 rings (SSSR count). The van der Waals surface area contributed by atoms with Gasteiger partial charge in [-0.15, -0.1) is 0 Å². The van der Waals surface area contributed by atoms with Crippen molar-refractivity contribution in [3.8, 4) is 0 Å². The SMILES string of the molecule is Cc1cccc(NCCC(=O)NC2CC2)c1Br. The molecule has 3 nitrogen and oxygen atoms in total. The van der Waals surface area contributed by atoms with E-state index in [4.69, 9.17) is 0 Å². The Morgan fingerprint density at radius 2 is 2.24 bits per heavy atom. The van der Waals surface area contributed by atoms with Gasteiger partial charge in [0, 0.05) is 29.2 Å². The molecule has 1 aliphatic carbocycles. The lowest BCUT2D eigenvalue weighted by molar-refractivity contribution is -0.120. The second kappa shape index (κ2) is 5.54. The zero-order valence-electron chi connectivity index (χ0n) is 9.92. The number of anilines is 1. The number of carbonyl (C=O) groups is 1. The van der Waals surface area contributed by atoms with Gasteiger partial charge in [-0.05, 0) is 47.3 Å². The predicted molar refractivity (Wildman–Crippen MR) is 73.2 cm³/mol. The van der Waals surface area contributed by atoms with Crippen LogP contribution in [-0.4, -0.2) is 18.5 Å². The summed E-state index contributed by atoms with van der Waals surface area (Å²) >= 11 is 3.53. The van der Waals surface area contributed by atoms with Crippen molar-refractivity contribution in [2.75, 3.05) is 11.9 Å². The van der Waals surface area contributed by atoms with E-state index >= 15 is 0 Å². The van der Waals surface area contributed by atoms with Crippen LogP contribution < -0.4 is 10.6 Å². The van der Waals surface area contributed by atoms with E-state index in [1.807, 2.05) is 12.1 Å². The average Bonchev–Trinajstić information content (AvgIpc) is 3.08. The first-order valence-electron chi connectivity index (χ1n) is 5.95. The van der Waals surface area contributed by atoms with Crippen molar-refractivity contribution < 1.29 is 4.79 Å². The normalized spacial score (nSPS) is 14.5. The summed E-state index contributed by atoms with van der Waals surface area (Å²) in [5, 5.41) is 6.25. The highest BCUT2D eigenvalue weighted by Gasteiger charge is 2.22. The van der Waals surface area contributed by atoms with Crippen LogP contribution in [0, 0.1) is 6.92 Å².